The van der Waals surface area contributed by atoms with Gasteiger partial charge in [-0.1, -0.05) is 84.1 Å². The van der Waals surface area contributed by atoms with Crippen molar-refractivity contribution >= 4 is 5.78 Å². The van der Waals surface area contributed by atoms with Gasteiger partial charge in [-0.15, -0.1) is 0 Å². The zero-order chi connectivity index (χ0) is 23.2. The Kier molecular flexibility index (Phi) is 22.6. The van der Waals surface area contributed by atoms with Crippen LogP contribution >= 0.6 is 0 Å². The van der Waals surface area contributed by atoms with Crippen LogP contribution in [0, 0.1) is 5.92 Å². The van der Waals surface area contributed by atoms with Gasteiger partial charge < -0.3 is 11.1 Å². The van der Waals surface area contributed by atoms with Crippen molar-refractivity contribution in [3.8, 4) is 0 Å². The number of hydrogen-bond donors (Lipinski definition) is 2. The van der Waals surface area contributed by atoms with Crippen LogP contribution in [-0.2, 0) is 4.79 Å². The molecule has 0 spiro atoms. The second kappa shape index (κ2) is 22.1. The molecule has 3 N–H and O–H groups in total. The Labute approximate surface area is 186 Å². The smallest absolute Gasteiger partial charge is 0.148 e. The third kappa shape index (κ3) is 18.4. The van der Waals surface area contributed by atoms with Crippen LogP contribution in [0.5, 0.6) is 0 Å². The van der Waals surface area contributed by atoms with E-state index in [1.165, 1.54) is 64.7 Å². The first-order valence-corrected chi connectivity index (χ1v) is 12.0. The fourth-order valence-corrected chi connectivity index (χ4v) is 3.20. The molecular weight excluding hydrogens is 375 g/mol. The number of halogens is 1. The number of nitrogens with one attached hydrogen (secondary N) is 1. The van der Waals surface area contributed by atoms with Crippen LogP contribution < -0.4 is 11.1 Å². The number of Topliss-reactive ketones (excluding diaryl/α,β-unsaturated/α-hetero) is 1. The lowest BCUT2D eigenvalue weighted by Crippen LogP contribution is -2.27. The predicted octanol–water partition coefficient (Wildman–Crippen LogP) is 7.39. The number of alkyl halides is 1. The van der Waals surface area contributed by atoms with Gasteiger partial charge in [-0.2, -0.15) is 0 Å². The molecule has 0 heterocycles. The van der Waals surface area contributed by atoms with Crippen LogP contribution in [0.25, 0.3) is 0 Å². The molecule has 0 fully saturated rings. The summed E-state index contributed by atoms with van der Waals surface area (Å²) in [5.41, 5.74) is 6.81. The van der Waals surface area contributed by atoms with Gasteiger partial charge in [0.15, 0.2) is 0 Å². The van der Waals surface area contributed by atoms with E-state index in [9.17, 15) is 9.18 Å². The number of unbranched alkanes of at least 4 members (excludes halogenated alkanes) is 4. The molecule has 3 nitrogen and oxygen atoms in total. The standard InChI is InChI=1S/C10H18FNO.C10H17N.C6H14/c1-4-5-6-9(8(3)13)10(11)7(2)12;1-2-11-9-8-10-6-4-3-5-7-10;1-3-5-6-4-2/h9-10H,2,4-6,12H2,1,3H3;2,6,11H,1,3-5,7-9H2;3-6H2,1-2H3. The molecule has 176 valence electrons. The summed E-state index contributed by atoms with van der Waals surface area (Å²) in [5.74, 6) is -0.745. The first kappa shape index (κ1) is 30.6. The van der Waals surface area contributed by atoms with Crippen LogP contribution in [0.2, 0.25) is 0 Å². The predicted molar refractivity (Wildman–Crippen MR) is 131 cm³/mol. The molecule has 0 radical (unpaired) electrons. The number of nitrogens with two attached hydrogens (primary N) is 1. The van der Waals surface area contributed by atoms with Gasteiger partial charge in [0.2, 0.25) is 0 Å². The Morgan fingerprint density at radius 2 is 1.80 bits per heavy atom. The van der Waals surface area contributed by atoms with Crippen molar-refractivity contribution < 1.29 is 9.18 Å². The Hall–Kier alpha value is -1.58. The highest BCUT2D eigenvalue weighted by molar-refractivity contribution is 5.79. The largest absolute Gasteiger partial charge is 0.400 e. The van der Waals surface area contributed by atoms with Gasteiger partial charge in [0.25, 0.3) is 0 Å². The topological polar surface area (TPSA) is 55.1 Å². The van der Waals surface area contributed by atoms with Gasteiger partial charge in [-0.25, -0.2) is 4.39 Å². The number of carbonyl (C=O) groups excluding carboxylic acids is 1. The Balaban J connectivity index is 0. The number of rotatable bonds is 13. The first-order valence-electron chi connectivity index (χ1n) is 12.0. The summed E-state index contributed by atoms with van der Waals surface area (Å²) in [6, 6.07) is 0. The molecular formula is C26H49FN2O. The van der Waals surface area contributed by atoms with Gasteiger partial charge in [-0.3, -0.25) is 4.79 Å². The molecule has 0 aromatic heterocycles. The highest BCUT2D eigenvalue weighted by Crippen LogP contribution is 2.20. The van der Waals surface area contributed by atoms with Crippen molar-refractivity contribution in [3.05, 3.63) is 36.7 Å². The number of hydrogen-bond acceptors (Lipinski definition) is 3. The molecule has 1 aliphatic rings. The van der Waals surface area contributed by atoms with E-state index in [1.54, 1.807) is 11.8 Å². The summed E-state index contributed by atoms with van der Waals surface area (Å²) in [5, 5.41) is 3.12. The van der Waals surface area contributed by atoms with Gasteiger partial charge in [0.05, 0.1) is 5.92 Å². The molecule has 2 unspecified atom stereocenters. The monoisotopic (exact) mass is 424 g/mol. The highest BCUT2D eigenvalue weighted by atomic mass is 19.1. The van der Waals surface area contributed by atoms with E-state index in [4.69, 9.17) is 5.73 Å². The fraction of sp³-hybridized carbons (Fsp3) is 0.731. The maximum absolute atomic E-state index is 13.3. The van der Waals surface area contributed by atoms with E-state index in [1.807, 2.05) is 6.92 Å². The quantitative estimate of drug-likeness (QED) is 0.239. The lowest BCUT2D eigenvalue weighted by molar-refractivity contribution is -0.122. The van der Waals surface area contributed by atoms with Crippen molar-refractivity contribution in [3.63, 3.8) is 0 Å². The van der Waals surface area contributed by atoms with Gasteiger partial charge in [0, 0.05) is 12.2 Å². The van der Waals surface area contributed by atoms with E-state index in [2.05, 4.69) is 38.4 Å². The van der Waals surface area contributed by atoms with Crippen molar-refractivity contribution in [1.29, 1.82) is 0 Å². The van der Waals surface area contributed by atoms with Gasteiger partial charge >= 0.3 is 0 Å². The Bertz CT molecular complexity index is 470. The third-order valence-electron chi connectivity index (χ3n) is 5.18. The second-order valence-corrected chi connectivity index (χ2v) is 8.06. The molecule has 30 heavy (non-hydrogen) atoms. The average molecular weight is 425 g/mol. The van der Waals surface area contributed by atoms with Crippen LogP contribution in [0.3, 0.4) is 0 Å². The molecule has 2 atom stereocenters. The fourth-order valence-electron chi connectivity index (χ4n) is 3.20. The molecule has 0 amide bonds. The zero-order valence-corrected chi connectivity index (χ0v) is 20.3. The normalized spacial score (nSPS) is 14.6. The minimum Gasteiger partial charge on any atom is -0.400 e. The average Bonchev–Trinajstić information content (AvgIpc) is 2.74. The lowest BCUT2D eigenvalue weighted by Gasteiger charge is -2.17. The summed E-state index contributed by atoms with van der Waals surface area (Å²) in [7, 11) is 0. The van der Waals surface area contributed by atoms with Crippen molar-refractivity contribution in [2.75, 3.05) is 6.54 Å². The van der Waals surface area contributed by atoms with Crippen LogP contribution in [0.1, 0.15) is 105 Å². The highest BCUT2D eigenvalue weighted by Gasteiger charge is 2.25. The lowest BCUT2D eigenvalue weighted by atomic mass is 9.92. The van der Waals surface area contributed by atoms with Gasteiger partial charge in [-0.05, 0) is 51.6 Å². The minimum absolute atomic E-state index is 0.0451. The molecule has 0 aromatic carbocycles. The summed E-state index contributed by atoms with van der Waals surface area (Å²) in [6.07, 6.45) is 17.3. The van der Waals surface area contributed by atoms with E-state index >= 15 is 0 Å². The Morgan fingerprint density at radius 1 is 1.20 bits per heavy atom. The maximum atomic E-state index is 13.3. The molecule has 0 bridgehead atoms. The Morgan fingerprint density at radius 3 is 2.20 bits per heavy atom. The summed E-state index contributed by atoms with van der Waals surface area (Å²) in [6.45, 7) is 15.8. The molecule has 0 saturated heterocycles. The van der Waals surface area contributed by atoms with Crippen molar-refractivity contribution in [2.45, 2.75) is 111 Å². The molecule has 4 heteroatoms. The van der Waals surface area contributed by atoms with E-state index in [-0.39, 0.29) is 11.5 Å². The van der Waals surface area contributed by atoms with Crippen molar-refractivity contribution in [2.24, 2.45) is 11.7 Å². The molecule has 0 aromatic rings. The van der Waals surface area contributed by atoms with Crippen LogP contribution in [-0.4, -0.2) is 18.5 Å². The number of allylic oxidation sites excluding steroid dienone is 2. The molecule has 0 aliphatic heterocycles. The molecule has 0 saturated carbocycles. The summed E-state index contributed by atoms with van der Waals surface area (Å²) in [4.78, 5) is 11.1. The van der Waals surface area contributed by atoms with Crippen LogP contribution in [0.15, 0.2) is 36.7 Å². The summed E-state index contributed by atoms with van der Waals surface area (Å²) < 4.78 is 13.3. The third-order valence-corrected chi connectivity index (χ3v) is 5.18. The number of carbonyl (C=O) groups is 1. The maximum Gasteiger partial charge on any atom is 0.148 e. The minimum atomic E-state index is -1.39. The van der Waals surface area contributed by atoms with E-state index in [0.717, 1.165) is 19.4 Å². The summed E-state index contributed by atoms with van der Waals surface area (Å²) >= 11 is 0. The van der Waals surface area contributed by atoms with Crippen LogP contribution in [0.4, 0.5) is 4.39 Å². The zero-order valence-electron chi connectivity index (χ0n) is 20.3. The first-order chi connectivity index (χ1) is 14.3. The SMILES string of the molecule is C=C(N)C(F)C(CCCC)C(C)=O.C=CNCCC1=CCCCC1.CCCCCC. The molecule has 1 aliphatic carbocycles. The van der Waals surface area contributed by atoms with E-state index < -0.39 is 12.1 Å². The van der Waals surface area contributed by atoms with Crippen molar-refractivity contribution in [1.82, 2.24) is 5.32 Å². The van der Waals surface area contributed by atoms with Gasteiger partial charge in [0.1, 0.15) is 12.0 Å². The van der Waals surface area contributed by atoms with E-state index in [0.29, 0.717) is 6.42 Å². The molecule has 1 rings (SSSR count). The number of ketones is 1. The second-order valence-electron chi connectivity index (χ2n) is 8.06.